The molecular formula is C48H79N7. The lowest BCUT2D eigenvalue weighted by atomic mass is 9.99. The van der Waals surface area contributed by atoms with E-state index in [1.165, 1.54) is 28.1 Å². The first-order valence-corrected chi connectivity index (χ1v) is 20.4. The van der Waals surface area contributed by atoms with Gasteiger partial charge in [0.05, 0.1) is 18.4 Å². The maximum absolute atomic E-state index is 6.55. The van der Waals surface area contributed by atoms with Crippen molar-refractivity contribution >= 4 is 5.69 Å². The number of hydrogen-bond donors (Lipinski definition) is 5. The van der Waals surface area contributed by atoms with Crippen molar-refractivity contribution in [2.45, 2.75) is 119 Å². The van der Waals surface area contributed by atoms with E-state index in [1.807, 2.05) is 19.9 Å². The standard InChI is InChI=1S/C32H49N5.C9H12.C5H12N2.C2H6/c1-9-10-15-30-18-20-31(21-19-30)35-25(4)23-34-29(8)32(24(2)3)37(33)28(7)14-12-11-13-22-36-26(5)16-17-27(36)6;1-3-9-6-4-8(2)5-7-9;1-3-4-7-5(2)6;1-2/h9,18-21,24,32,34-35H,1,4-8,10-17,22-23,33H2,2-3H3;4-7H,3H2,1-2H3;7H,2-4,6H2,1H3;1-2H3. The lowest BCUT2D eigenvalue weighted by molar-refractivity contribution is 0.221. The summed E-state index contributed by atoms with van der Waals surface area (Å²) in [5.74, 6) is 7.38. The molecule has 0 spiro atoms. The summed E-state index contributed by atoms with van der Waals surface area (Å²) in [6.07, 6.45) is 12.4. The van der Waals surface area contributed by atoms with Crippen LogP contribution in [0.3, 0.4) is 0 Å². The smallest absolute Gasteiger partial charge is 0.0885 e. The zero-order valence-corrected chi connectivity index (χ0v) is 36.0. The van der Waals surface area contributed by atoms with E-state index in [-0.39, 0.29) is 12.0 Å². The van der Waals surface area contributed by atoms with Crippen molar-refractivity contribution in [2.24, 2.45) is 17.5 Å². The molecule has 0 amide bonds. The number of nitrogens with two attached hydrogens (primary N) is 2. The third-order valence-corrected chi connectivity index (χ3v) is 9.04. The van der Waals surface area contributed by atoms with Crippen molar-refractivity contribution < 1.29 is 0 Å². The molecule has 3 rings (SSSR count). The van der Waals surface area contributed by atoms with Crippen LogP contribution in [0.1, 0.15) is 110 Å². The Morgan fingerprint density at radius 2 is 1.45 bits per heavy atom. The van der Waals surface area contributed by atoms with Gasteiger partial charge in [-0.1, -0.05) is 135 Å². The fourth-order valence-electron chi connectivity index (χ4n) is 5.80. The largest absolute Gasteiger partial charge is 0.386 e. The zero-order chi connectivity index (χ0) is 41.8. The number of hydrazine groups is 1. The maximum atomic E-state index is 6.55. The zero-order valence-electron chi connectivity index (χ0n) is 36.0. The molecule has 1 aliphatic rings. The van der Waals surface area contributed by atoms with Gasteiger partial charge in [0, 0.05) is 47.3 Å². The highest BCUT2D eigenvalue weighted by Gasteiger charge is 2.24. The second-order valence-electron chi connectivity index (χ2n) is 14.2. The average Bonchev–Trinajstić information content (AvgIpc) is 3.49. The molecule has 7 nitrogen and oxygen atoms in total. The van der Waals surface area contributed by atoms with Gasteiger partial charge >= 0.3 is 0 Å². The lowest BCUT2D eigenvalue weighted by Crippen LogP contribution is -2.47. The molecule has 0 aliphatic carbocycles. The highest BCUT2D eigenvalue weighted by atomic mass is 15.4. The van der Waals surface area contributed by atoms with Gasteiger partial charge in [0.25, 0.3) is 0 Å². The van der Waals surface area contributed by atoms with Crippen LogP contribution in [0, 0.1) is 12.8 Å². The van der Waals surface area contributed by atoms with Crippen LogP contribution in [0.4, 0.5) is 5.69 Å². The quantitative estimate of drug-likeness (QED) is 0.0354. The second kappa shape index (κ2) is 29.7. The highest BCUT2D eigenvalue weighted by Crippen LogP contribution is 2.28. The molecule has 0 radical (unpaired) electrons. The molecule has 7 heteroatoms. The van der Waals surface area contributed by atoms with Crippen LogP contribution in [-0.4, -0.2) is 35.6 Å². The number of nitrogens with zero attached hydrogens (tertiary/aromatic N) is 2. The number of rotatable bonds is 22. The number of benzene rings is 2. The highest BCUT2D eigenvalue weighted by molar-refractivity contribution is 5.49. The van der Waals surface area contributed by atoms with E-state index in [1.54, 1.807) is 5.01 Å². The predicted molar refractivity (Wildman–Crippen MR) is 245 cm³/mol. The molecule has 1 saturated heterocycles. The fraction of sp³-hybridized carbons (Fsp3) is 0.458. The molecule has 55 heavy (non-hydrogen) atoms. The van der Waals surface area contributed by atoms with Crippen LogP contribution in [-0.2, 0) is 12.8 Å². The maximum Gasteiger partial charge on any atom is 0.0885 e. The van der Waals surface area contributed by atoms with Gasteiger partial charge in [-0.25, -0.2) is 5.84 Å². The molecule has 1 heterocycles. The van der Waals surface area contributed by atoms with Gasteiger partial charge in [-0.2, -0.15) is 0 Å². The van der Waals surface area contributed by atoms with Crippen LogP contribution in [0.25, 0.3) is 0 Å². The molecule has 0 bridgehead atoms. The Morgan fingerprint density at radius 3 is 1.95 bits per heavy atom. The topological polar surface area (TPSA) is 94.6 Å². The van der Waals surface area contributed by atoms with E-state index in [9.17, 15) is 0 Å². The van der Waals surface area contributed by atoms with Crippen molar-refractivity contribution in [3.05, 3.63) is 152 Å². The van der Waals surface area contributed by atoms with Gasteiger partial charge in [0.1, 0.15) is 0 Å². The van der Waals surface area contributed by atoms with Gasteiger partial charge in [-0.3, -0.25) is 0 Å². The summed E-state index contributed by atoms with van der Waals surface area (Å²) >= 11 is 0. The molecule has 7 N–H and O–H groups in total. The molecule has 1 aliphatic heterocycles. The van der Waals surface area contributed by atoms with Crippen molar-refractivity contribution in [3.8, 4) is 0 Å². The van der Waals surface area contributed by atoms with E-state index in [0.717, 1.165) is 100 Å². The normalized spacial score (nSPS) is 12.1. The van der Waals surface area contributed by atoms with E-state index < -0.39 is 0 Å². The Balaban J connectivity index is 0.00000132. The fourth-order valence-corrected chi connectivity index (χ4v) is 5.80. The van der Waals surface area contributed by atoms with Gasteiger partial charge < -0.3 is 31.6 Å². The Bertz CT molecular complexity index is 1420. The number of anilines is 1. The van der Waals surface area contributed by atoms with Gasteiger partial charge in [0.15, 0.2) is 0 Å². The summed E-state index contributed by atoms with van der Waals surface area (Å²) in [5, 5.41) is 11.5. The second-order valence-corrected chi connectivity index (χ2v) is 14.2. The molecule has 1 unspecified atom stereocenters. The first-order chi connectivity index (χ1) is 26.2. The van der Waals surface area contributed by atoms with Crippen LogP contribution in [0.15, 0.2) is 135 Å². The van der Waals surface area contributed by atoms with E-state index in [0.29, 0.717) is 12.4 Å². The number of allylic oxidation sites excluding steroid dienone is 4. The summed E-state index contributed by atoms with van der Waals surface area (Å²) in [4.78, 5) is 2.27. The number of aryl methyl sites for hydroxylation is 3. The van der Waals surface area contributed by atoms with Crippen LogP contribution in [0.5, 0.6) is 0 Å². The number of unbranched alkanes of at least 4 members (excludes halogenated alkanes) is 2. The minimum absolute atomic E-state index is 0.0549. The Labute approximate surface area is 338 Å². The summed E-state index contributed by atoms with van der Waals surface area (Å²) in [6.45, 7) is 45.4. The van der Waals surface area contributed by atoms with Crippen molar-refractivity contribution in [3.63, 3.8) is 0 Å². The van der Waals surface area contributed by atoms with Gasteiger partial charge in [0.2, 0.25) is 0 Å². The number of nitrogens with one attached hydrogen (secondary N) is 3. The molecule has 1 fully saturated rings. The molecule has 2 aromatic carbocycles. The molecule has 0 saturated carbocycles. The van der Waals surface area contributed by atoms with Gasteiger partial charge in [-0.05, 0) is 93.9 Å². The first-order valence-electron chi connectivity index (χ1n) is 20.4. The predicted octanol–water partition coefficient (Wildman–Crippen LogP) is 11.2. The lowest BCUT2D eigenvalue weighted by Gasteiger charge is -2.35. The first kappa shape index (κ1) is 50.4. The monoisotopic (exact) mass is 754 g/mol. The third-order valence-electron chi connectivity index (χ3n) is 9.04. The minimum atomic E-state index is -0.0549. The SMILES string of the molecule is C=C(N)NCCC.C=CCCc1ccc(NC(=C)CNC(=C)C(C(C)C)N(N)C(=C)CCCCCN2C(=C)CCC2=C)cc1.CC.CCc1ccc(C)cc1. The van der Waals surface area contributed by atoms with Crippen LogP contribution in [0.2, 0.25) is 0 Å². The van der Waals surface area contributed by atoms with E-state index in [4.69, 9.17) is 11.6 Å². The summed E-state index contributed by atoms with van der Waals surface area (Å²) in [7, 11) is 0. The summed E-state index contributed by atoms with van der Waals surface area (Å²) < 4.78 is 0. The van der Waals surface area contributed by atoms with Crippen LogP contribution >= 0.6 is 0 Å². The third kappa shape index (κ3) is 21.8. The summed E-state index contributed by atoms with van der Waals surface area (Å²) in [5.41, 5.74) is 15.3. The van der Waals surface area contributed by atoms with E-state index >= 15 is 0 Å². The number of hydrogen-bond acceptors (Lipinski definition) is 7. The van der Waals surface area contributed by atoms with Crippen LogP contribution < -0.4 is 27.5 Å². The summed E-state index contributed by atoms with van der Waals surface area (Å²) in [6, 6.07) is 17.0. The Hall–Kier alpha value is -4.62. The molecule has 306 valence electrons. The minimum Gasteiger partial charge on any atom is -0.386 e. The molecule has 0 aromatic heterocycles. The molecule has 1 atom stereocenters. The Kier molecular flexibility index (Phi) is 27.2. The average molecular weight is 754 g/mol. The number of likely N-dealkylation sites (tertiary alicyclic amines) is 1. The van der Waals surface area contributed by atoms with Gasteiger partial charge in [-0.15, -0.1) is 6.58 Å². The van der Waals surface area contributed by atoms with Crippen molar-refractivity contribution in [1.29, 1.82) is 0 Å². The molecular weight excluding hydrogens is 675 g/mol. The molecule has 2 aromatic rings. The Morgan fingerprint density at radius 1 is 0.873 bits per heavy atom. The van der Waals surface area contributed by atoms with Crippen molar-refractivity contribution in [2.75, 3.05) is 25.0 Å². The van der Waals surface area contributed by atoms with Crippen molar-refractivity contribution in [1.82, 2.24) is 20.5 Å². The van der Waals surface area contributed by atoms with E-state index in [2.05, 4.69) is 150 Å².